The minimum Gasteiger partial charge on any atom is -0.250 e. The molecule has 0 atom stereocenters. The molecule has 0 saturated heterocycles. The summed E-state index contributed by atoms with van der Waals surface area (Å²) in [6, 6.07) is 5.89. The average molecular weight is 164 g/mol. The first-order valence-electron chi connectivity index (χ1n) is 3.23. The van der Waals surface area contributed by atoms with Crippen LogP contribution in [0.25, 0.3) is 0 Å². The number of rotatable bonds is 2. The predicted octanol–water partition coefficient (Wildman–Crippen LogP) is 1.87. The van der Waals surface area contributed by atoms with Crippen LogP contribution in [0.2, 0.25) is 0 Å². The summed E-state index contributed by atoms with van der Waals surface area (Å²) in [5.41, 5.74) is 1.02. The van der Waals surface area contributed by atoms with Crippen molar-refractivity contribution in [2.75, 3.05) is 6.26 Å². The Morgan fingerprint density at radius 1 is 1.73 bits per heavy atom. The van der Waals surface area contributed by atoms with E-state index in [1.165, 1.54) is 0 Å². The molecule has 2 nitrogen and oxygen atoms in total. The van der Waals surface area contributed by atoms with Gasteiger partial charge in [-0.2, -0.15) is 5.26 Å². The fraction of sp³-hybridized carbons (Fsp3) is 0.250. The second-order valence-electron chi connectivity index (χ2n) is 2.01. The van der Waals surface area contributed by atoms with Gasteiger partial charge in [0.25, 0.3) is 0 Å². The lowest BCUT2D eigenvalue weighted by Gasteiger charge is -1.99. The van der Waals surface area contributed by atoms with Gasteiger partial charge in [-0.15, -0.1) is 11.8 Å². The first kappa shape index (κ1) is 8.09. The van der Waals surface area contributed by atoms with E-state index in [4.69, 9.17) is 5.26 Å². The van der Waals surface area contributed by atoms with E-state index in [0.717, 1.165) is 10.6 Å². The fourth-order valence-electron chi connectivity index (χ4n) is 0.828. The second-order valence-corrected chi connectivity index (χ2v) is 2.80. The van der Waals surface area contributed by atoms with E-state index >= 15 is 0 Å². The topological polar surface area (TPSA) is 36.7 Å². The van der Waals surface area contributed by atoms with Crippen molar-refractivity contribution in [2.24, 2.45) is 0 Å². The summed E-state index contributed by atoms with van der Waals surface area (Å²) in [6.45, 7) is 0. The molecule has 0 fully saturated rings. The monoisotopic (exact) mass is 164 g/mol. The van der Waals surface area contributed by atoms with Crippen LogP contribution in [0.1, 0.15) is 5.56 Å². The van der Waals surface area contributed by atoms with Gasteiger partial charge in [0.05, 0.1) is 17.5 Å². The predicted molar refractivity (Wildman–Crippen MR) is 45.3 cm³/mol. The number of nitriles is 1. The molecule has 0 amide bonds. The minimum absolute atomic E-state index is 0.448. The Bertz CT molecular complexity index is 278. The molecule has 56 valence electrons. The number of hydrogen-bond donors (Lipinski definition) is 0. The lowest BCUT2D eigenvalue weighted by atomic mass is 10.2. The van der Waals surface area contributed by atoms with Crippen molar-refractivity contribution in [2.45, 2.75) is 11.4 Å². The molecule has 0 aliphatic heterocycles. The largest absolute Gasteiger partial charge is 0.250 e. The zero-order chi connectivity index (χ0) is 8.10. The van der Waals surface area contributed by atoms with Crippen LogP contribution in [0.4, 0.5) is 0 Å². The number of nitrogens with zero attached hydrogens (tertiary/aromatic N) is 2. The molecule has 1 aromatic rings. The fourth-order valence-corrected chi connectivity index (χ4v) is 1.40. The maximum Gasteiger partial charge on any atom is 0.0999 e. The van der Waals surface area contributed by atoms with Crippen LogP contribution >= 0.6 is 11.8 Å². The molecule has 0 N–H and O–H groups in total. The van der Waals surface area contributed by atoms with Crippen LogP contribution in [0, 0.1) is 11.3 Å². The molecule has 0 aromatic carbocycles. The first-order chi connectivity index (χ1) is 5.38. The normalized spacial score (nSPS) is 9.09. The third-order valence-electron chi connectivity index (χ3n) is 1.31. The summed E-state index contributed by atoms with van der Waals surface area (Å²) in [5.74, 6) is 0. The molecule has 0 radical (unpaired) electrons. The third-order valence-corrected chi connectivity index (χ3v) is 2.07. The van der Waals surface area contributed by atoms with Gasteiger partial charge in [-0.3, -0.25) is 0 Å². The summed E-state index contributed by atoms with van der Waals surface area (Å²) >= 11 is 1.57. The zero-order valence-electron chi connectivity index (χ0n) is 6.24. The van der Waals surface area contributed by atoms with Gasteiger partial charge in [-0.25, -0.2) is 4.98 Å². The highest BCUT2D eigenvalue weighted by Gasteiger charge is 1.99. The molecular formula is C8H8N2S. The lowest BCUT2D eigenvalue weighted by Crippen LogP contribution is -1.87. The zero-order valence-corrected chi connectivity index (χ0v) is 7.06. The summed E-state index contributed by atoms with van der Waals surface area (Å²) < 4.78 is 0. The lowest BCUT2D eigenvalue weighted by molar-refractivity contribution is 1.04. The number of aromatic nitrogens is 1. The van der Waals surface area contributed by atoms with Crippen LogP contribution < -0.4 is 0 Å². The average Bonchev–Trinajstić information content (AvgIpc) is 2.06. The van der Waals surface area contributed by atoms with Gasteiger partial charge >= 0.3 is 0 Å². The first-order valence-corrected chi connectivity index (χ1v) is 4.45. The Hall–Kier alpha value is -1.01. The van der Waals surface area contributed by atoms with E-state index in [0.29, 0.717) is 6.42 Å². The van der Waals surface area contributed by atoms with Crippen molar-refractivity contribution in [1.82, 2.24) is 4.98 Å². The molecule has 0 unspecified atom stereocenters. The van der Waals surface area contributed by atoms with Crippen molar-refractivity contribution in [3.8, 4) is 6.07 Å². The van der Waals surface area contributed by atoms with E-state index in [1.807, 2.05) is 18.4 Å². The molecule has 1 aromatic heterocycles. The van der Waals surface area contributed by atoms with Crippen molar-refractivity contribution in [1.29, 1.82) is 5.26 Å². The number of pyridine rings is 1. The van der Waals surface area contributed by atoms with E-state index < -0.39 is 0 Å². The van der Waals surface area contributed by atoms with Gasteiger partial charge in [0.2, 0.25) is 0 Å². The third kappa shape index (κ3) is 1.95. The Labute approximate surface area is 70.3 Å². The SMILES string of the molecule is CSc1ncccc1CC#N. The van der Waals surface area contributed by atoms with Crippen LogP contribution in [-0.4, -0.2) is 11.2 Å². The maximum absolute atomic E-state index is 8.45. The van der Waals surface area contributed by atoms with Gasteiger partial charge in [0, 0.05) is 6.20 Å². The molecule has 3 heteroatoms. The quantitative estimate of drug-likeness (QED) is 0.626. The van der Waals surface area contributed by atoms with Crippen molar-refractivity contribution in [3.63, 3.8) is 0 Å². The Kier molecular flexibility index (Phi) is 2.94. The maximum atomic E-state index is 8.45. The molecule has 1 rings (SSSR count). The molecule has 0 spiro atoms. The van der Waals surface area contributed by atoms with Gasteiger partial charge in [-0.05, 0) is 17.9 Å². The van der Waals surface area contributed by atoms with Gasteiger partial charge < -0.3 is 0 Å². The molecule has 0 aliphatic rings. The van der Waals surface area contributed by atoms with Crippen molar-refractivity contribution in [3.05, 3.63) is 23.9 Å². The van der Waals surface area contributed by atoms with Gasteiger partial charge in [0.1, 0.15) is 0 Å². The van der Waals surface area contributed by atoms with E-state index in [2.05, 4.69) is 11.1 Å². The summed E-state index contributed by atoms with van der Waals surface area (Å²) in [6.07, 6.45) is 4.15. The van der Waals surface area contributed by atoms with Crippen LogP contribution in [-0.2, 0) is 6.42 Å². The summed E-state index contributed by atoms with van der Waals surface area (Å²) in [7, 11) is 0. The van der Waals surface area contributed by atoms with E-state index in [-0.39, 0.29) is 0 Å². The highest BCUT2D eigenvalue weighted by atomic mass is 32.2. The molecule has 11 heavy (non-hydrogen) atoms. The van der Waals surface area contributed by atoms with Crippen molar-refractivity contribution < 1.29 is 0 Å². The van der Waals surface area contributed by atoms with E-state index in [1.54, 1.807) is 18.0 Å². The van der Waals surface area contributed by atoms with Crippen LogP contribution in [0.3, 0.4) is 0 Å². The Balaban J connectivity index is 2.94. The Morgan fingerprint density at radius 3 is 3.18 bits per heavy atom. The van der Waals surface area contributed by atoms with Gasteiger partial charge in [0.15, 0.2) is 0 Å². The standard InChI is InChI=1S/C8H8N2S/c1-11-8-7(4-5-9)3-2-6-10-8/h2-3,6H,4H2,1H3. The molecule has 0 bridgehead atoms. The highest BCUT2D eigenvalue weighted by Crippen LogP contribution is 2.16. The second kappa shape index (κ2) is 3.99. The smallest absolute Gasteiger partial charge is 0.0999 e. The summed E-state index contributed by atoms with van der Waals surface area (Å²) in [5, 5.41) is 9.41. The van der Waals surface area contributed by atoms with Crippen LogP contribution in [0.5, 0.6) is 0 Å². The Morgan fingerprint density at radius 2 is 2.55 bits per heavy atom. The highest BCUT2D eigenvalue weighted by molar-refractivity contribution is 7.98. The minimum atomic E-state index is 0.448. The van der Waals surface area contributed by atoms with Crippen molar-refractivity contribution >= 4 is 11.8 Å². The molecule has 0 aliphatic carbocycles. The van der Waals surface area contributed by atoms with E-state index in [9.17, 15) is 0 Å². The molecule has 0 saturated carbocycles. The number of hydrogen-bond acceptors (Lipinski definition) is 3. The van der Waals surface area contributed by atoms with Gasteiger partial charge in [-0.1, -0.05) is 6.07 Å². The summed E-state index contributed by atoms with van der Waals surface area (Å²) in [4.78, 5) is 4.13. The molecule has 1 heterocycles. The van der Waals surface area contributed by atoms with Crippen LogP contribution in [0.15, 0.2) is 23.4 Å². The molecular weight excluding hydrogens is 156 g/mol. The number of thioether (sulfide) groups is 1.